The van der Waals surface area contributed by atoms with Gasteiger partial charge in [0.1, 0.15) is 5.82 Å². The van der Waals surface area contributed by atoms with Crippen LogP contribution in [0.4, 0.5) is 5.82 Å². The van der Waals surface area contributed by atoms with Gasteiger partial charge in [0, 0.05) is 6.20 Å². The number of halogens is 1. The number of nitrogen functional groups attached to an aromatic ring is 1. The molecule has 0 radical (unpaired) electrons. The van der Waals surface area contributed by atoms with E-state index < -0.39 is 0 Å². The molecule has 38 valence electrons. The van der Waals surface area contributed by atoms with E-state index in [2.05, 4.69) is 20.9 Å². The third kappa shape index (κ3) is 0.771. The first-order chi connectivity index (χ1) is 3.30. The molecule has 1 heterocycles. The lowest BCUT2D eigenvalue weighted by Gasteiger charge is -1.80. The van der Waals surface area contributed by atoms with E-state index in [9.17, 15) is 0 Å². The van der Waals surface area contributed by atoms with Gasteiger partial charge in [0.25, 0.3) is 0 Å². The van der Waals surface area contributed by atoms with Gasteiger partial charge in [0.05, 0.1) is 4.47 Å². The van der Waals surface area contributed by atoms with E-state index in [1.165, 1.54) is 0 Å². The van der Waals surface area contributed by atoms with Crippen LogP contribution in [0.15, 0.2) is 16.7 Å². The fourth-order valence-corrected chi connectivity index (χ4v) is 0.610. The summed E-state index contributed by atoms with van der Waals surface area (Å²) < 4.78 is 0.924. The Bertz CT molecular complexity index is 142. The number of hydrogen-bond acceptors (Lipinski definition) is 1. The number of nitrogens with two attached hydrogens (primary N) is 1. The molecule has 0 atom stereocenters. The van der Waals surface area contributed by atoms with Crippen molar-refractivity contribution in [3.8, 4) is 0 Å². The molecule has 3 N–H and O–H groups in total. The zero-order valence-corrected chi connectivity index (χ0v) is 5.20. The molecule has 0 aliphatic heterocycles. The van der Waals surface area contributed by atoms with Gasteiger partial charge in [-0.25, -0.2) is 0 Å². The predicted octanol–water partition coefficient (Wildman–Crippen LogP) is 1.36. The SMILES string of the molecule is Nc1[nH]ccc1Br. The molecule has 3 heteroatoms. The van der Waals surface area contributed by atoms with Crippen LogP contribution in [0.2, 0.25) is 0 Å². The van der Waals surface area contributed by atoms with E-state index in [1.807, 2.05) is 6.07 Å². The average molecular weight is 161 g/mol. The van der Waals surface area contributed by atoms with Gasteiger partial charge in [0.2, 0.25) is 0 Å². The van der Waals surface area contributed by atoms with E-state index in [1.54, 1.807) is 6.20 Å². The molecular formula is C4H5BrN2. The molecule has 0 aromatic carbocycles. The van der Waals surface area contributed by atoms with Crippen LogP contribution in [0.5, 0.6) is 0 Å². The van der Waals surface area contributed by atoms with Gasteiger partial charge < -0.3 is 10.7 Å². The van der Waals surface area contributed by atoms with E-state index in [4.69, 9.17) is 5.73 Å². The van der Waals surface area contributed by atoms with Crippen LogP contribution in [0, 0.1) is 0 Å². The van der Waals surface area contributed by atoms with Crippen LogP contribution in [0.1, 0.15) is 0 Å². The number of hydrogen-bond donors (Lipinski definition) is 2. The van der Waals surface area contributed by atoms with Gasteiger partial charge >= 0.3 is 0 Å². The topological polar surface area (TPSA) is 41.8 Å². The molecule has 0 bridgehead atoms. The van der Waals surface area contributed by atoms with Crippen molar-refractivity contribution < 1.29 is 0 Å². The van der Waals surface area contributed by atoms with Crippen molar-refractivity contribution in [2.24, 2.45) is 0 Å². The number of nitrogens with one attached hydrogen (secondary N) is 1. The summed E-state index contributed by atoms with van der Waals surface area (Å²) in [5, 5.41) is 0. The van der Waals surface area contributed by atoms with Gasteiger partial charge in [0.15, 0.2) is 0 Å². The molecule has 0 aliphatic rings. The van der Waals surface area contributed by atoms with Crippen LogP contribution in [0.3, 0.4) is 0 Å². The summed E-state index contributed by atoms with van der Waals surface area (Å²) in [6.07, 6.45) is 1.78. The summed E-state index contributed by atoms with van der Waals surface area (Å²) in [5.41, 5.74) is 5.34. The van der Waals surface area contributed by atoms with Gasteiger partial charge in [-0.15, -0.1) is 0 Å². The first kappa shape index (κ1) is 4.71. The van der Waals surface area contributed by atoms with Crippen LogP contribution < -0.4 is 5.73 Å². The highest BCUT2D eigenvalue weighted by Gasteiger charge is 1.88. The maximum absolute atomic E-state index is 5.34. The van der Waals surface area contributed by atoms with Crippen molar-refractivity contribution in [2.45, 2.75) is 0 Å². The first-order valence-corrected chi connectivity index (χ1v) is 2.68. The van der Waals surface area contributed by atoms with Crippen molar-refractivity contribution in [2.75, 3.05) is 5.73 Å². The Morgan fingerprint density at radius 1 is 1.71 bits per heavy atom. The second-order valence-corrected chi connectivity index (χ2v) is 2.09. The quantitative estimate of drug-likeness (QED) is 0.592. The number of aromatic nitrogens is 1. The lowest BCUT2D eigenvalue weighted by Crippen LogP contribution is -1.81. The highest BCUT2D eigenvalue weighted by Crippen LogP contribution is 2.14. The molecule has 0 spiro atoms. The summed E-state index contributed by atoms with van der Waals surface area (Å²) in [5.74, 6) is 0.681. The van der Waals surface area contributed by atoms with Gasteiger partial charge in [-0.3, -0.25) is 0 Å². The molecule has 0 saturated heterocycles. The van der Waals surface area contributed by atoms with Crippen molar-refractivity contribution >= 4 is 21.7 Å². The highest BCUT2D eigenvalue weighted by atomic mass is 79.9. The number of rotatable bonds is 0. The van der Waals surface area contributed by atoms with Gasteiger partial charge in [-0.2, -0.15) is 0 Å². The molecule has 0 aliphatic carbocycles. The minimum Gasteiger partial charge on any atom is -0.384 e. The van der Waals surface area contributed by atoms with Crippen LogP contribution in [-0.4, -0.2) is 4.98 Å². The van der Waals surface area contributed by atoms with Gasteiger partial charge in [-0.05, 0) is 22.0 Å². The number of anilines is 1. The van der Waals surface area contributed by atoms with Crippen molar-refractivity contribution in [3.05, 3.63) is 16.7 Å². The maximum atomic E-state index is 5.34. The average Bonchev–Trinajstić information content (AvgIpc) is 1.91. The minimum absolute atomic E-state index is 0.681. The summed E-state index contributed by atoms with van der Waals surface area (Å²) in [6, 6.07) is 1.86. The predicted molar refractivity (Wildman–Crippen MR) is 32.9 cm³/mol. The molecule has 0 fully saturated rings. The summed E-state index contributed by atoms with van der Waals surface area (Å²) >= 11 is 3.21. The Hall–Kier alpha value is -0.440. The van der Waals surface area contributed by atoms with Crippen LogP contribution in [-0.2, 0) is 0 Å². The Labute approximate surface area is 49.8 Å². The Kier molecular flexibility index (Phi) is 1.06. The van der Waals surface area contributed by atoms with Gasteiger partial charge in [-0.1, -0.05) is 0 Å². The second-order valence-electron chi connectivity index (χ2n) is 1.24. The first-order valence-electron chi connectivity index (χ1n) is 1.89. The Morgan fingerprint density at radius 2 is 2.43 bits per heavy atom. The lowest BCUT2D eigenvalue weighted by atomic mass is 10.6. The summed E-state index contributed by atoms with van der Waals surface area (Å²) in [4.78, 5) is 2.80. The van der Waals surface area contributed by atoms with Crippen molar-refractivity contribution in [1.29, 1.82) is 0 Å². The second kappa shape index (κ2) is 1.58. The molecule has 2 nitrogen and oxygen atoms in total. The third-order valence-corrected chi connectivity index (χ3v) is 1.42. The standard InChI is InChI=1S/C4H5BrN2/c5-3-1-2-7-4(3)6/h1-2,7H,6H2. The normalized spacial score (nSPS) is 9.29. The van der Waals surface area contributed by atoms with Crippen LogP contribution >= 0.6 is 15.9 Å². The molecule has 0 saturated carbocycles. The summed E-state index contributed by atoms with van der Waals surface area (Å²) in [7, 11) is 0. The minimum atomic E-state index is 0.681. The zero-order chi connectivity index (χ0) is 5.28. The highest BCUT2D eigenvalue weighted by molar-refractivity contribution is 9.10. The maximum Gasteiger partial charge on any atom is 0.115 e. The fourth-order valence-electron chi connectivity index (χ4n) is 0.363. The third-order valence-electron chi connectivity index (χ3n) is 0.726. The molecular weight excluding hydrogens is 156 g/mol. The fraction of sp³-hybridized carbons (Fsp3) is 0. The monoisotopic (exact) mass is 160 g/mol. The van der Waals surface area contributed by atoms with E-state index in [0.29, 0.717) is 5.82 Å². The molecule has 0 unspecified atom stereocenters. The Morgan fingerprint density at radius 3 is 2.57 bits per heavy atom. The molecule has 1 rings (SSSR count). The molecule has 1 aromatic heterocycles. The molecule has 0 amide bonds. The van der Waals surface area contributed by atoms with Crippen molar-refractivity contribution in [1.82, 2.24) is 4.98 Å². The Balaban J connectivity index is 3.12. The van der Waals surface area contributed by atoms with Crippen molar-refractivity contribution in [3.63, 3.8) is 0 Å². The van der Waals surface area contributed by atoms with E-state index in [-0.39, 0.29) is 0 Å². The zero-order valence-electron chi connectivity index (χ0n) is 3.61. The number of aromatic amines is 1. The lowest BCUT2D eigenvalue weighted by molar-refractivity contribution is 1.41. The summed E-state index contributed by atoms with van der Waals surface area (Å²) in [6.45, 7) is 0. The van der Waals surface area contributed by atoms with E-state index in [0.717, 1.165) is 4.47 Å². The molecule has 7 heavy (non-hydrogen) atoms. The smallest absolute Gasteiger partial charge is 0.115 e. The van der Waals surface area contributed by atoms with Crippen LogP contribution in [0.25, 0.3) is 0 Å². The number of H-pyrrole nitrogens is 1. The largest absolute Gasteiger partial charge is 0.384 e. The molecule has 1 aromatic rings. The van der Waals surface area contributed by atoms with E-state index >= 15 is 0 Å².